The van der Waals surface area contributed by atoms with E-state index in [-0.39, 0.29) is 23.2 Å². The van der Waals surface area contributed by atoms with Crippen LogP contribution in [0.15, 0.2) is 71.7 Å². The number of fused-ring (bicyclic) bond motifs is 1. The second kappa shape index (κ2) is 7.51. The Hall–Kier alpha value is -3.87. The van der Waals surface area contributed by atoms with Crippen LogP contribution in [0.1, 0.15) is 44.5 Å². The van der Waals surface area contributed by atoms with Crippen molar-refractivity contribution in [2.45, 2.75) is 18.9 Å². The molecule has 1 amide bonds. The third-order valence-corrected chi connectivity index (χ3v) is 5.62. The number of benzene rings is 2. The first kappa shape index (κ1) is 18.2. The van der Waals surface area contributed by atoms with E-state index in [1.54, 1.807) is 4.90 Å². The molecule has 5 rings (SSSR count). The third-order valence-electron chi connectivity index (χ3n) is 5.62. The molecule has 3 N–H and O–H groups in total. The molecule has 0 spiro atoms. The average Bonchev–Trinajstić information content (AvgIpc) is 3.41. The Labute approximate surface area is 172 Å². The maximum absolute atomic E-state index is 12.9. The van der Waals surface area contributed by atoms with Gasteiger partial charge in [-0.25, -0.2) is 4.79 Å². The fourth-order valence-electron chi connectivity index (χ4n) is 4.15. The molecular weight excluding hydrogens is 378 g/mol. The van der Waals surface area contributed by atoms with Gasteiger partial charge in [0.1, 0.15) is 5.69 Å². The van der Waals surface area contributed by atoms with Crippen LogP contribution in [0.3, 0.4) is 0 Å². The van der Waals surface area contributed by atoms with Crippen LogP contribution < -0.4 is 5.69 Å². The van der Waals surface area contributed by atoms with Gasteiger partial charge in [0.05, 0.1) is 11.6 Å². The molecular formula is C23H21N5O2. The zero-order chi connectivity index (χ0) is 20.5. The van der Waals surface area contributed by atoms with Gasteiger partial charge in [-0.3, -0.25) is 9.89 Å². The number of hydrogen-bond donors (Lipinski definition) is 3. The number of hydrogen-bond acceptors (Lipinski definition) is 3. The van der Waals surface area contributed by atoms with E-state index in [9.17, 15) is 9.59 Å². The molecule has 2 aromatic heterocycles. The molecule has 0 unspecified atom stereocenters. The first-order valence-corrected chi connectivity index (χ1v) is 9.93. The van der Waals surface area contributed by atoms with Crippen LogP contribution in [0.25, 0.3) is 0 Å². The number of aromatic amines is 3. The maximum atomic E-state index is 12.9. The molecule has 7 heteroatoms. The highest BCUT2D eigenvalue weighted by Gasteiger charge is 2.30. The van der Waals surface area contributed by atoms with Crippen molar-refractivity contribution < 1.29 is 4.79 Å². The summed E-state index contributed by atoms with van der Waals surface area (Å²) in [6.45, 7) is 1.02. The lowest BCUT2D eigenvalue weighted by Crippen LogP contribution is -2.36. The standard InChI is InChI=1S/C23H21N5O2/c29-22(19-13-24-23(30)25-19)28-12-11-18-17(14-28)21(27-26-18)20(15-7-3-1-4-8-15)16-9-5-2-6-10-16/h1-10,13,20H,11-12,14H2,(H,26,27)(H2,24,25,30). The Morgan fingerprint density at radius 2 is 1.67 bits per heavy atom. The number of imidazole rings is 1. The number of rotatable bonds is 4. The molecule has 1 aliphatic heterocycles. The molecule has 30 heavy (non-hydrogen) atoms. The van der Waals surface area contributed by atoms with Crippen molar-refractivity contribution in [1.29, 1.82) is 0 Å². The zero-order valence-corrected chi connectivity index (χ0v) is 16.3. The number of carbonyl (C=O) groups is 1. The van der Waals surface area contributed by atoms with Gasteiger partial charge in [-0.2, -0.15) is 5.10 Å². The Kier molecular flexibility index (Phi) is 4.55. The first-order valence-electron chi connectivity index (χ1n) is 9.93. The summed E-state index contributed by atoms with van der Waals surface area (Å²) >= 11 is 0. The first-order chi connectivity index (χ1) is 14.7. The van der Waals surface area contributed by atoms with E-state index in [4.69, 9.17) is 5.10 Å². The zero-order valence-electron chi connectivity index (χ0n) is 16.3. The summed E-state index contributed by atoms with van der Waals surface area (Å²) in [6, 6.07) is 20.6. The predicted octanol–water partition coefficient (Wildman–Crippen LogP) is 2.80. The van der Waals surface area contributed by atoms with Gasteiger partial charge in [-0.1, -0.05) is 60.7 Å². The largest absolute Gasteiger partial charge is 0.332 e. The Morgan fingerprint density at radius 3 is 2.27 bits per heavy atom. The summed E-state index contributed by atoms with van der Waals surface area (Å²) in [5.41, 5.74) is 5.23. The summed E-state index contributed by atoms with van der Waals surface area (Å²) in [7, 11) is 0. The van der Waals surface area contributed by atoms with E-state index in [0.717, 1.165) is 28.1 Å². The molecule has 2 aromatic carbocycles. The second-order valence-corrected chi connectivity index (χ2v) is 7.45. The average molecular weight is 399 g/mol. The van der Waals surface area contributed by atoms with Gasteiger partial charge in [-0.05, 0) is 11.1 Å². The van der Waals surface area contributed by atoms with Crippen LogP contribution in [-0.2, 0) is 13.0 Å². The highest BCUT2D eigenvalue weighted by Crippen LogP contribution is 2.35. The molecule has 3 heterocycles. The van der Waals surface area contributed by atoms with Crippen LogP contribution >= 0.6 is 0 Å². The molecule has 0 radical (unpaired) electrons. The molecule has 0 fully saturated rings. The summed E-state index contributed by atoms with van der Waals surface area (Å²) in [5.74, 6) is -0.225. The molecule has 1 aliphatic rings. The van der Waals surface area contributed by atoms with Gasteiger partial charge in [0, 0.05) is 37.0 Å². The predicted molar refractivity (Wildman–Crippen MR) is 112 cm³/mol. The normalized spacial score (nSPS) is 13.4. The van der Waals surface area contributed by atoms with E-state index in [1.165, 1.54) is 6.20 Å². The van der Waals surface area contributed by atoms with Gasteiger partial charge < -0.3 is 14.9 Å². The number of aromatic nitrogens is 4. The minimum Gasteiger partial charge on any atom is -0.332 e. The lowest BCUT2D eigenvalue weighted by Gasteiger charge is -2.28. The highest BCUT2D eigenvalue weighted by atomic mass is 16.2. The van der Waals surface area contributed by atoms with Crippen molar-refractivity contribution in [2.24, 2.45) is 0 Å². The van der Waals surface area contributed by atoms with Crippen molar-refractivity contribution in [3.05, 3.63) is 111 Å². The smallest absolute Gasteiger partial charge is 0.323 e. The van der Waals surface area contributed by atoms with Gasteiger partial charge >= 0.3 is 5.69 Å². The number of H-pyrrole nitrogens is 3. The molecule has 0 saturated carbocycles. The van der Waals surface area contributed by atoms with E-state index in [1.807, 2.05) is 36.4 Å². The Balaban J connectivity index is 1.54. The lowest BCUT2D eigenvalue weighted by molar-refractivity contribution is 0.0728. The Bertz CT molecular complexity index is 1180. The molecule has 150 valence electrons. The minimum absolute atomic E-state index is 0.0329. The molecule has 0 atom stereocenters. The monoisotopic (exact) mass is 399 g/mol. The lowest BCUT2D eigenvalue weighted by atomic mass is 9.85. The van der Waals surface area contributed by atoms with Crippen LogP contribution in [0.5, 0.6) is 0 Å². The van der Waals surface area contributed by atoms with Gasteiger partial charge in [0.15, 0.2) is 0 Å². The van der Waals surface area contributed by atoms with E-state index in [0.29, 0.717) is 19.5 Å². The topological polar surface area (TPSA) is 97.6 Å². The Morgan fingerprint density at radius 1 is 1.00 bits per heavy atom. The number of carbonyl (C=O) groups excluding carboxylic acids is 1. The van der Waals surface area contributed by atoms with Crippen molar-refractivity contribution in [3.8, 4) is 0 Å². The maximum Gasteiger partial charge on any atom is 0.323 e. The molecule has 7 nitrogen and oxygen atoms in total. The molecule has 4 aromatic rings. The second-order valence-electron chi connectivity index (χ2n) is 7.45. The van der Waals surface area contributed by atoms with Crippen LogP contribution in [0.2, 0.25) is 0 Å². The SMILES string of the molecule is O=C(c1c[nH]c(=O)[nH]1)N1CCc2[nH]nc(C(c3ccccc3)c3ccccc3)c2C1. The van der Waals surface area contributed by atoms with E-state index in [2.05, 4.69) is 39.3 Å². The van der Waals surface area contributed by atoms with Crippen molar-refractivity contribution in [2.75, 3.05) is 6.54 Å². The van der Waals surface area contributed by atoms with E-state index >= 15 is 0 Å². The number of nitrogens with zero attached hydrogens (tertiary/aromatic N) is 2. The van der Waals surface area contributed by atoms with Gasteiger partial charge in [0.25, 0.3) is 5.91 Å². The number of amides is 1. The molecule has 0 bridgehead atoms. The van der Waals surface area contributed by atoms with Crippen LogP contribution in [0, 0.1) is 0 Å². The fraction of sp³-hybridized carbons (Fsp3) is 0.174. The minimum atomic E-state index is -0.381. The third kappa shape index (κ3) is 3.24. The quantitative estimate of drug-likeness (QED) is 0.492. The van der Waals surface area contributed by atoms with Crippen molar-refractivity contribution >= 4 is 5.91 Å². The number of nitrogens with one attached hydrogen (secondary N) is 3. The fourth-order valence-corrected chi connectivity index (χ4v) is 4.15. The molecule has 0 aliphatic carbocycles. The van der Waals surface area contributed by atoms with Gasteiger partial charge in [-0.15, -0.1) is 0 Å². The van der Waals surface area contributed by atoms with Crippen LogP contribution in [-0.4, -0.2) is 37.5 Å². The molecule has 0 saturated heterocycles. The summed E-state index contributed by atoms with van der Waals surface area (Å²) in [4.78, 5) is 31.1. The summed E-state index contributed by atoms with van der Waals surface area (Å²) in [5, 5.41) is 7.89. The highest BCUT2D eigenvalue weighted by molar-refractivity contribution is 5.92. The summed E-state index contributed by atoms with van der Waals surface area (Å²) in [6.07, 6.45) is 2.12. The van der Waals surface area contributed by atoms with Crippen LogP contribution in [0.4, 0.5) is 0 Å². The van der Waals surface area contributed by atoms with E-state index < -0.39 is 0 Å². The van der Waals surface area contributed by atoms with Gasteiger partial charge in [0.2, 0.25) is 0 Å². The summed E-state index contributed by atoms with van der Waals surface area (Å²) < 4.78 is 0. The van der Waals surface area contributed by atoms with Crippen molar-refractivity contribution in [3.63, 3.8) is 0 Å². The van der Waals surface area contributed by atoms with Crippen molar-refractivity contribution in [1.82, 2.24) is 25.1 Å².